The summed E-state index contributed by atoms with van der Waals surface area (Å²) in [5.74, 6) is 1.08. The third kappa shape index (κ3) is 3.15. The van der Waals surface area contributed by atoms with E-state index in [1.54, 1.807) is 0 Å². The lowest BCUT2D eigenvalue weighted by molar-refractivity contribution is 0.0541. The van der Waals surface area contributed by atoms with E-state index in [0.717, 1.165) is 6.42 Å². The Morgan fingerprint density at radius 2 is 1.86 bits per heavy atom. The molecule has 1 aromatic rings. The maximum Gasteiger partial charge on any atom is 0.0682 e. The van der Waals surface area contributed by atoms with Crippen LogP contribution in [0.4, 0.5) is 0 Å². The summed E-state index contributed by atoms with van der Waals surface area (Å²) in [6.45, 7) is 2.11. The van der Waals surface area contributed by atoms with Crippen LogP contribution in [0.1, 0.15) is 44.6 Å². The van der Waals surface area contributed by atoms with Gasteiger partial charge in [-0.3, -0.25) is 4.90 Å². The van der Waals surface area contributed by atoms with E-state index in [1.165, 1.54) is 36.8 Å². The van der Waals surface area contributed by atoms with E-state index in [-0.39, 0.29) is 17.1 Å². The molecule has 3 N–H and O–H groups in total. The van der Waals surface area contributed by atoms with E-state index >= 15 is 0 Å². The zero-order chi connectivity index (χ0) is 19.8. The largest absolute Gasteiger partial charge is 0.381 e. The first kappa shape index (κ1) is 19.5. The first-order valence-electron chi connectivity index (χ1n) is 10.8. The van der Waals surface area contributed by atoms with Crippen molar-refractivity contribution in [1.29, 1.82) is 0 Å². The number of rotatable bonds is 5. The summed E-state index contributed by atoms with van der Waals surface area (Å²) in [7, 11) is 4.49. The second-order valence-corrected chi connectivity index (χ2v) is 9.27. The van der Waals surface area contributed by atoms with Crippen LogP contribution in [-0.2, 0) is 5.54 Å². The summed E-state index contributed by atoms with van der Waals surface area (Å²) < 4.78 is 0. The van der Waals surface area contributed by atoms with Crippen molar-refractivity contribution in [2.75, 3.05) is 14.1 Å². The van der Waals surface area contributed by atoms with Crippen molar-refractivity contribution in [1.82, 2.24) is 10.2 Å². The fourth-order valence-corrected chi connectivity index (χ4v) is 5.91. The first-order chi connectivity index (χ1) is 13.5. The molecule has 1 heterocycles. The number of nitrogens with one attached hydrogen (secondary N) is 1. The van der Waals surface area contributed by atoms with E-state index < -0.39 is 0 Å². The van der Waals surface area contributed by atoms with Gasteiger partial charge >= 0.3 is 0 Å². The van der Waals surface area contributed by atoms with Crippen molar-refractivity contribution in [3.63, 3.8) is 0 Å². The van der Waals surface area contributed by atoms with Gasteiger partial charge in [0.25, 0.3) is 0 Å². The standard InChI is InChI=1S/C25H35N3/c1-19(26)17-20-18-27-25(14-8-7-11-23(20)25)22-12-15-24(16-13-22,28(2)3)21-9-5-4-6-10-21/h4-11,14,18-19,22-23,27H,12-13,15-17,26H2,1-3H3/t19-,22-,23?,24-,25?/m0/s1. The van der Waals surface area contributed by atoms with Gasteiger partial charge in [-0.1, -0.05) is 54.6 Å². The van der Waals surface area contributed by atoms with Crippen LogP contribution in [0.2, 0.25) is 0 Å². The monoisotopic (exact) mass is 377 g/mol. The predicted molar refractivity (Wildman–Crippen MR) is 118 cm³/mol. The molecule has 3 atom stereocenters. The Labute approximate surface area is 170 Å². The normalized spacial score (nSPS) is 35.4. The molecule has 0 spiro atoms. The molecule has 3 aliphatic rings. The fourth-order valence-electron chi connectivity index (χ4n) is 5.91. The van der Waals surface area contributed by atoms with Crippen molar-refractivity contribution in [2.24, 2.45) is 17.6 Å². The molecule has 0 radical (unpaired) electrons. The Kier molecular flexibility index (Phi) is 5.24. The summed E-state index contributed by atoms with van der Waals surface area (Å²) in [4.78, 5) is 2.45. The highest BCUT2D eigenvalue weighted by atomic mass is 15.1. The van der Waals surface area contributed by atoms with Crippen molar-refractivity contribution < 1.29 is 0 Å². The van der Waals surface area contributed by atoms with Crippen molar-refractivity contribution >= 4 is 0 Å². The molecule has 3 heteroatoms. The highest BCUT2D eigenvalue weighted by Crippen LogP contribution is 2.51. The Bertz CT molecular complexity index is 766. The predicted octanol–water partition coefficient (Wildman–Crippen LogP) is 4.34. The zero-order valence-corrected chi connectivity index (χ0v) is 17.6. The van der Waals surface area contributed by atoms with Crippen LogP contribution < -0.4 is 11.1 Å². The SMILES string of the molecule is C[C@H](N)CC1=CNC2([C@H]3CC[C@](c4ccccc4)(N(C)C)CC3)C=CC=CC12. The fraction of sp³-hybridized carbons (Fsp3) is 0.520. The summed E-state index contributed by atoms with van der Waals surface area (Å²) in [6.07, 6.45) is 17.4. The third-order valence-corrected chi connectivity index (χ3v) is 7.42. The summed E-state index contributed by atoms with van der Waals surface area (Å²) in [6, 6.07) is 11.3. The minimum absolute atomic E-state index is 0.0358. The molecule has 150 valence electrons. The van der Waals surface area contributed by atoms with Gasteiger partial charge < -0.3 is 11.1 Å². The summed E-state index contributed by atoms with van der Waals surface area (Å²) >= 11 is 0. The van der Waals surface area contributed by atoms with E-state index in [2.05, 4.69) is 92.1 Å². The second kappa shape index (κ2) is 7.53. The average Bonchev–Trinajstić information content (AvgIpc) is 3.08. The zero-order valence-electron chi connectivity index (χ0n) is 17.6. The Balaban J connectivity index is 1.56. The van der Waals surface area contributed by atoms with Gasteiger partial charge in [0, 0.05) is 17.5 Å². The molecule has 2 unspecified atom stereocenters. The smallest absolute Gasteiger partial charge is 0.0682 e. The Morgan fingerprint density at radius 1 is 1.14 bits per heavy atom. The summed E-state index contributed by atoms with van der Waals surface area (Å²) in [5.41, 5.74) is 9.24. The molecule has 4 rings (SSSR count). The second-order valence-electron chi connectivity index (χ2n) is 9.27. The van der Waals surface area contributed by atoms with Gasteiger partial charge in [-0.05, 0) is 76.4 Å². The highest BCUT2D eigenvalue weighted by molar-refractivity contribution is 5.39. The number of hydrogen-bond donors (Lipinski definition) is 2. The van der Waals surface area contributed by atoms with Crippen LogP contribution in [0.5, 0.6) is 0 Å². The van der Waals surface area contributed by atoms with Gasteiger partial charge in [0.05, 0.1) is 5.54 Å². The molecule has 3 nitrogen and oxygen atoms in total. The first-order valence-corrected chi connectivity index (χ1v) is 10.8. The molecule has 1 saturated carbocycles. The molecule has 1 fully saturated rings. The number of nitrogens with two attached hydrogens (primary N) is 1. The topological polar surface area (TPSA) is 41.3 Å². The van der Waals surface area contributed by atoms with Gasteiger partial charge in [-0.25, -0.2) is 0 Å². The van der Waals surface area contributed by atoms with Crippen LogP contribution in [0.25, 0.3) is 0 Å². The summed E-state index contributed by atoms with van der Waals surface area (Å²) in [5, 5.41) is 3.82. The van der Waals surface area contributed by atoms with Crippen LogP contribution >= 0.6 is 0 Å². The molecule has 0 bridgehead atoms. The van der Waals surface area contributed by atoms with Gasteiger partial charge in [-0.15, -0.1) is 0 Å². The van der Waals surface area contributed by atoms with Crippen molar-refractivity contribution in [3.8, 4) is 0 Å². The lowest BCUT2D eigenvalue weighted by atomic mass is 9.61. The molecule has 1 aliphatic heterocycles. The van der Waals surface area contributed by atoms with Crippen molar-refractivity contribution in [2.45, 2.75) is 56.1 Å². The van der Waals surface area contributed by atoms with E-state index in [1.807, 2.05) is 0 Å². The van der Waals surface area contributed by atoms with Crippen LogP contribution in [-0.4, -0.2) is 30.6 Å². The Morgan fingerprint density at radius 3 is 2.50 bits per heavy atom. The van der Waals surface area contributed by atoms with Gasteiger partial charge in [0.2, 0.25) is 0 Å². The van der Waals surface area contributed by atoms with E-state index in [9.17, 15) is 0 Å². The number of nitrogens with zero attached hydrogens (tertiary/aromatic N) is 1. The minimum Gasteiger partial charge on any atom is -0.381 e. The molecule has 2 aliphatic carbocycles. The quantitative estimate of drug-likeness (QED) is 0.802. The number of fused-ring (bicyclic) bond motifs is 1. The maximum absolute atomic E-state index is 6.13. The third-order valence-electron chi connectivity index (χ3n) is 7.42. The minimum atomic E-state index is 0.0358. The molecule has 0 amide bonds. The maximum atomic E-state index is 6.13. The molecule has 0 saturated heterocycles. The number of benzene rings is 1. The van der Waals surface area contributed by atoms with Crippen LogP contribution in [0.15, 0.2) is 66.4 Å². The highest BCUT2D eigenvalue weighted by Gasteiger charge is 2.50. The number of allylic oxidation sites excluding steroid dienone is 2. The number of hydrogen-bond acceptors (Lipinski definition) is 3. The molecular weight excluding hydrogens is 342 g/mol. The van der Waals surface area contributed by atoms with E-state index in [4.69, 9.17) is 5.73 Å². The van der Waals surface area contributed by atoms with Crippen LogP contribution in [0, 0.1) is 11.8 Å². The van der Waals surface area contributed by atoms with Crippen LogP contribution in [0.3, 0.4) is 0 Å². The lowest BCUT2D eigenvalue weighted by Crippen LogP contribution is -2.54. The Hall–Kier alpha value is -1.84. The van der Waals surface area contributed by atoms with Gasteiger partial charge in [-0.2, -0.15) is 0 Å². The average molecular weight is 378 g/mol. The van der Waals surface area contributed by atoms with Gasteiger partial charge in [0.15, 0.2) is 0 Å². The lowest BCUT2D eigenvalue weighted by Gasteiger charge is -2.50. The molecular formula is C25H35N3. The molecule has 1 aromatic carbocycles. The molecule has 0 aromatic heterocycles. The van der Waals surface area contributed by atoms with Crippen molar-refractivity contribution in [3.05, 3.63) is 72.0 Å². The van der Waals surface area contributed by atoms with Gasteiger partial charge in [0.1, 0.15) is 0 Å². The van der Waals surface area contributed by atoms with E-state index in [0.29, 0.717) is 11.8 Å². The molecule has 28 heavy (non-hydrogen) atoms.